The average molecular weight is 495 g/mol. The Labute approximate surface area is 172 Å². The first-order chi connectivity index (χ1) is 12.2. The number of aliphatic imine (C=N–C) groups is 1. The van der Waals surface area contributed by atoms with Crippen molar-refractivity contribution in [2.45, 2.75) is 32.9 Å². The summed E-state index contributed by atoms with van der Waals surface area (Å²) in [5.74, 6) is 0.344. The maximum atomic E-state index is 12.4. The van der Waals surface area contributed by atoms with Gasteiger partial charge in [-0.1, -0.05) is 24.3 Å². The Balaban J connectivity index is 0.00000364. The van der Waals surface area contributed by atoms with Gasteiger partial charge >= 0.3 is 6.36 Å². The monoisotopic (exact) mass is 495 g/mol. The predicted molar refractivity (Wildman–Crippen MR) is 110 cm³/mol. The molecule has 5 nitrogen and oxygen atoms in total. The minimum Gasteiger partial charge on any atom is -0.491 e. The first-order valence-corrected chi connectivity index (χ1v) is 7.90. The van der Waals surface area contributed by atoms with Crippen molar-refractivity contribution in [1.29, 1.82) is 0 Å². The fraction of sp³-hybridized carbons (Fsp3) is 0.278. The van der Waals surface area contributed by atoms with E-state index < -0.39 is 6.36 Å². The van der Waals surface area contributed by atoms with Crippen molar-refractivity contribution in [3.05, 3.63) is 54.1 Å². The van der Waals surface area contributed by atoms with Gasteiger partial charge in [-0.15, -0.1) is 37.1 Å². The molecule has 2 aromatic carbocycles. The Hall–Kier alpha value is -2.17. The van der Waals surface area contributed by atoms with E-state index in [2.05, 4.69) is 15.0 Å². The third-order valence-corrected chi connectivity index (χ3v) is 3.10. The van der Waals surface area contributed by atoms with Crippen molar-refractivity contribution in [3.8, 4) is 11.5 Å². The van der Waals surface area contributed by atoms with E-state index in [0.29, 0.717) is 0 Å². The lowest BCUT2D eigenvalue weighted by Gasteiger charge is -2.14. The third kappa shape index (κ3) is 8.37. The Morgan fingerprint density at radius 2 is 1.74 bits per heavy atom. The number of nitrogens with two attached hydrogens (primary N) is 1. The van der Waals surface area contributed by atoms with Crippen LogP contribution in [0.2, 0.25) is 0 Å². The zero-order valence-corrected chi connectivity index (χ0v) is 17.1. The highest BCUT2D eigenvalue weighted by Crippen LogP contribution is 2.29. The van der Waals surface area contributed by atoms with Gasteiger partial charge in [0.25, 0.3) is 0 Å². The lowest BCUT2D eigenvalue weighted by molar-refractivity contribution is -0.274. The molecule has 0 bridgehead atoms. The van der Waals surface area contributed by atoms with E-state index in [1.807, 2.05) is 38.1 Å². The number of rotatable bonds is 6. The van der Waals surface area contributed by atoms with Gasteiger partial charge in [-0.25, -0.2) is 4.99 Å². The lowest BCUT2D eigenvalue weighted by Crippen LogP contribution is -2.24. The van der Waals surface area contributed by atoms with Gasteiger partial charge in [0.15, 0.2) is 11.7 Å². The van der Waals surface area contributed by atoms with Crippen LogP contribution in [0.5, 0.6) is 11.5 Å². The van der Waals surface area contributed by atoms with E-state index in [4.69, 9.17) is 10.5 Å². The molecule has 9 heteroatoms. The number of hydrogen-bond acceptors (Lipinski definition) is 3. The largest absolute Gasteiger partial charge is 0.573 e. The van der Waals surface area contributed by atoms with Gasteiger partial charge in [0.2, 0.25) is 0 Å². The van der Waals surface area contributed by atoms with Crippen LogP contribution >= 0.6 is 24.0 Å². The maximum Gasteiger partial charge on any atom is 0.573 e. The number of ether oxygens (including phenoxy) is 2. The van der Waals surface area contributed by atoms with Gasteiger partial charge in [-0.05, 0) is 43.7 Å². The van der Waals surface area contributed by atoms with E-state index in [1.165, 1.54) is 18.2 Å². The summed E-state index contributed by atoms with van der Waals surface area (Å²) in [6, 6.07) is 12.9. The molecule has 0 aliphatic heterocycles. The number of alkyl halides is 3. The standard InChI is InChI=1S/C18H20F3N3O2.HI/c1-12(2)25-14-9-7-13(8-10-14)11-23-17(22)24-15-5-3-4-6-16(15)26-18(19,20)21;/h3-10,12H,11H2,1-2H3,(H3,22,23,24);1H. The SMILES string of the molecule is CC(C)Oc1ccc(CN=C(N)Nc2ccccc2OC(F)(F)F)cc1.I. The highest BCUT2D eigenvalue weighted by molar-refractivity contribution is 14.0. The number of nitrogens with zero attached hydrogens (tertiary/aromatic N) is 1. The minimum absolute atomic E-state index is 0. The van der Waals surface area contributed by atoms with Gasteiger partial charge in [-0.3, -0.25) is 0 Å². The second-order valence-electron chi connectivity index (χ2n) is 5.68. The number of halogens is 4. The summed E-state index contributed by atoms with van der Waals surface area (Å²) < 4.78 is 46.8. The van der Waals surface area contributed by atoms with Crippen molar-refractivity contribution in [2.75, 3.05) is 5.32 Å². The molecular weight excluding hydrogens is 474 g/mol. The molecule has 3 N–H and O–H groups in total. The summed E-state index contributed by atoms with van der Waals surface area (Å²) in [4.78, 5) is 4.12. The van der Waals surface area contributed by atoms with Crippen LogP contribution in [0.1, 0.15) is 19.4 Å². The van der Waals surface area contributed by atoms with Gasteiger partial charge in [-0.2, -0.15) is 0 Å². The zero-order chi connectivity index (χ0) is 19.2. The molecule has 0 aliphatic carbocycles. The molecule has 0 aliphatic rings. The molecule has 0 aromatic heterocycles. The first-order valence-electron chi connectivity index (χ1n) is 7.90. The number of hydrogen-bond donors (Lipinski definition) is 2. The molecule has 2 rings (SSSR count). The van der Waals surface area contributed by atoms with E-state index >= 15 is 0 Å². The molecule has 0 atom stereocenters. The van der Waals surface area contributed by atoms with Gasteiger partial charge in [0, 0.05) is 0 Å². The molecule has 0 saturated heterocycles. The second-order valence-corrected chi connectivity index (χ2v) is 5.68. The molecule has 0 saturated carbocycles. The van der Waals surface area contributed by atoms with E-state index in [0.717, 1.165) is 11.3 Å². The van der Waals surface area contributed by atoms with Crippen molar-refractivity contribution >= 4 is 35.6 Å². The number of guanidine groups is 1. The van der Waals surface area contributed by atoms with Crippen LogP contribution in [0.3, 0.4) is 0 Å². The number of para-hydroxylation sites is 2. The summed E-state index contributed by atoms with van der Waals surface area (Å²) in [7, 11) is 0. The van der Waals surface area contributed by atoms with Crippen LogP contribution in [0, 0.1) is 0 Å². The zero-order valence-electron chi connectivity index (χ0n) is 14.8. The van der Waals surface area contributed by atoms with E-state index in [-0.39, 0.29) is 54.0 Å². The van der Waals surface area contributed by atoms with Crippen LogP contribution < -0.4 is 20.5 Å². The molecule has 2 aromatic rings. The molecule has 0 heterocycles. The Kier molecular flexibility index (Phi) is 8.67. The highest BCUT2D eigenvalue weighted by Gasteiger charge is 2.32. The average Bonchev–Trinajstić information content (AvgIpc) is 2.54. The Morgan fingerprint density at radius 1 is 1.11 bits per heavy atom. The van der Waals surface area contributed by atoms with Gasteiger partial charge in [0.05, 0.1) is 18.3 Å². The summed E-state index contributed by atoms with van der Waals surface area (Å²) in [6.45, 7) is 4.14. The van der Waals surface area contributed by atoms with E-state index in [9.17, 15) is 13.2 Å². The van der Waals surface area contributed by atoms with E-state index in [1.54, 1.807) is 6.07 Å². The molecule has 148 valence electrons. The summed E-state index contributed by atoms with van der Waals surface area (Å²) in [5, 5.41) is 2.62. The quantitative estimate of drug-likeness (QED) is 0.339. The number of nitrogens with one attached hydrogen (secondary N) is 1. The Bertz CT molecular complexity index is 750. The maximum absolute atomic E-state index is 12.4. The van der Waals surface area contributed by atoms with Crippen LogP contribution in [0.15, 0.2) is 53.5 Å². The normalized spacial score (nSPS) is 11.7. The smallest absolute Gasteiger partial charge is 0.491 e. The minimum atomic E-state index is -4.79. The fourth-order valence-electron chi connectivity index (χ4n) is 2.08. The molecule has 0 unspecified atom stereocenters. The lowest BCUT2D eigenvalue weighted by atomic mass is 10.2. The molecule has 0 amide bonds. The van der Waals surface area contributed by atoms with Crippen LogP contribution in [-0.2, 0) is 6.54 Å². The number of benzene rings is 2. The summed E-state index contributed by atoms with van der Waals surface area (Å²) >= 11 is 0. The van der Waals surface area contributed by atoms with Crippen LogP contribution in [0.4, 0.5) is 18.9 Å². The molecule has 0 fully saturated rings. The summed E-state index contributed by atoms with van der Waals surface area (Å²) in [6.07, 6.45) is -4.71. The third-order valence-electron chi connectivity index (χ3n) is 3.10. The van der Waals surface area contributed by atoms with Crippen molar-refractivity contribution < 1.29 is 22.6 Å². The Morgan fingerprint density at radius 3 is 2.33 bits per heavy atom. The van der Waals surface area contributed by atoms with Crippen LogP contribution in [-0.4, -0.2) is 18.4 Å². The first kappa shape index (κ1) is 22.9. The van der Waals surface area contributed by atoms with Crippen LogP contribution in [0.25, 0.3) is 0 Å². The summed E-state index contributed by atoms with van der Waals surface area (Å²) in [5.41, 5.74) is 6.72. The van der Waals surface area contributed by atoms with Crippen molar-refractivity contribution in [2.24, 2.45) is 10.7 Å². The fourth-order valence-corrected chi connectivity index (χ4v) is 2.08. The van der Waals surface area contributed by atoms with Crippen molar-refractivity contribution in [3.63, 3.8) is 0 Å². The van der Waals surface area contributed by atoms with Crippen molar-refractivity contribution in [1.82, 2.24) is 0 Å². The topological polar surface area (TPSA) is 68.9 Å². The molecule has 0 spiro atoms. The highest BCUT2D eigenvalue weighted by atomic mass is 127. The van der Waals surface area contributed by atoms with Gasteiger partial charge < -0.3 is 20.5 Å². The number of anilines is 1. The second kappa shape index (κ2) is 10.2. The molecule has 27 heavy (non-hydrogen) atoms. The van der Waals surface area contributed by atoms with Gasteiger partial charge in [0.1, 0.15) is 5.75 Å². The predicted octanol–water partition coefficient (Wildman–Crippen LogP) is 4.92. The molecular formula is C18H21F3IN3O2. The molecule has 0 radical (unpaired) electrons.